The second-order valence-corrected chi connectivity index (χ2v) is 8.81. The Morgan fingerprint density at radius 2 is 1.97 bits per heavy atom. The summed E-state index contributed by atoms with van der Waals surface area (Å²) < 4.78 is 5.39. The number of hydrogen-bond donors (Lipinski definition) is 2. The fraction of sp³-hybridized carbons (Fsp3) is 0.652. The number of ether oxygens (including phenoxy) is 1. The fourth-order valence-electron chi connectivity index (χ4n) is 4.54. The van der Waals surface area contributed by atoms with E-state index in [4.69, 9.17) is 9.57 Å². The molecule has 2 aliphatic heterocycles. The number of anilines is 1. The molecule has 0 bridgehead atoms. The van der Waals surface area contributed by atoms with E-state index >= 15 is 0 Å². The maximum Gasteiger partial charge on any atom is 0.267 e. The Labute approximate surface area is 188 Å². The van der Waals surface area contributed by atoms with E-state index in [0.717, 1.165) is 38.8 Å². The van der Waals surface area contributed by atoms with Crippen molar-refractivity contribution in [3.63, 3.8) is 0 Å². The lowest BCUT2D eigenvalue weighted by atomic mass is 9.89. The molecule has 2 amide bonds. The molecule has 0 radical (unpaired) electrons. The van der Waals surface area contributed by atoms with Crippen molar-refractivity contribution in [3.8, 4) is 0 Å². The highest BCUT2D eigenvalue weighted by atomic mass is 16.8. The summed E-state index contributed by atoms with van der Waals surface area (Å²) in [7, 11) is 0. The SMILES string of the molecule is O=C(C=Cc1cnc(N[C@@H]2CCN(CC3CCCCC3)C2=O)cn1)NOC1CCCCO1. The summed E-state index contributed by atoms with van der Waals surface area (Å²) in [4.78, 5) is 40.5. The van der Waals surface area contributed by atoms with Crippen LogP contribution in [0.5, 0.6) is 0 Å². The van der Waals surface area contributed by atoms with Crippen LogP contribution in [0, 0.1) is 5.92 Å². The van der Waals surface area contributed by atoms with Gasteiger partial charge in [-0.1, -0.05) is 19.3 Å². The van der Waals surface area contributed by atoms with E-state index in [9.17, 15) is 9.59 Å². The third kappa shape index (κ3) is 6.49. The summed E-state index contributed by atoms with van der Waals surface area (Å²) in [6, 6.07) is -0.251. The van der Waals surface area contributed by atoms with Gasteiger partial charge in [-0.15, -0.1) is 0 Å². The van der Waals surface area contributed by atoms with Crippen LogP contribution in [0.25, 0.3) is 6.08 Å². The largest absolute Gasteiger partial charge is 0.357 e. The Hall–Kier alpha value is -2.52. The normalized spacial score (nSPS) is 24.8. The molecule has 0 spiro atoms. The number of nitrogens with zero attached hydrogens (tertiary/aromatic N) is 3. The molecule has 3 heterocycles. The predicted octanol–water partition coefficient (Wildman–Crippen LogP) is 2.66. The molecule has 2 N–H and O–H groups in total. The van der Waals surface area contributed by atoms with E-state index in [1.54, 1.807) is 18.5 Å². The maximum absolute atomic E-state index is 12.7. The quantitative estimate of drug-likeness (QED) is 0.470. The molecule has 1 unspecified atom stereocenters. The van der Waals surface area contributed by atoms with E-state index < -0.39 is 5.91 Å². The van der Waals surface area contributed by atoms with Crippen molar-refractivity contribution in [1.29, 1.82) is 0 Å². The minimum Gasteiger partial charge on any atom is -0.357 e. The molecular weight excluding hydrogens is 410 g/mol. The molecule has 174 valence electrons. The molecule has 1 saturated carbocycles. The lowest BCUT2D eigenvalue weighted by Crippen LogP contribution is -2.37. The van der Waals surface area contributed by atoms with Crippen LogP contribution in [0.3, 0.4) is 0 Å². The summed E-state index contributed by atoms with van der Waals surface area (Å²) >= 11 is 0. The van der Waals surface area contributed by atoms with Gasteiger partial charge in [0.2, 0.25) is 5.91 Å². The molecule has 0 aromatic carbocycles. The van der Waals surface area contributed by atoms with Crippen LogP contribution in [0.1, 0.15) is 63.5 Å². The first-order valence-corrected chi connectivity index (χ1v) is 11.8. The minimum absolute atomic E-state index is 0.153. The second kappa shape index (κ2) is 11.4. The lowest BCUT2D eigenvalue weighted by molar-refractivity contribution is -0.198. The standard InChI is InChI=1S/C23H33N5O4/c29-21(27-32-22-8-4-5-13-31-22)10-9-18-14-25-20(15-24-18)26-19-11-12-28(23(19)30)16-17-6-2-1-3-7-17/h9-10,14-15,17,19,22H,1-8,11-13,16H2,(H,25,26)(H,27,29)/t19-,22?/m1/s1. The van der Waals surface area contributed by atoms with Crippen LogP contribution in [-0.4, -0.2) is 58.7 Å². The Bertz CT molecular complexity index is 788. The van der Waals surface area contributed by atoms with Crippen molar-refractivity contribution in [1.82, 2.24) is 20.3 Å². The van der Waals surface area contributed by atoms with Gasteiger partial charge in [0.05, 0.1) is 18.1 Å². The van der Waals surface area contributed by atoms with Gasteiger partial charge in [0.15, 0.2) is 6.29 Å². The molecule has 32 heavy (non-hydrogen) atoms. The zero-order valence-corrected chi connectivity index (χ0v) is 18.5. The van der Waals surface area contributed by atoms with Gasteiger partial charge in [-0.25, -0.2) is 15.3 Å². The fourth-order valence-corrected chi connectivity index (χ4v) is 4.54. The second-order valence-electron chi connectivity index (χ2n) is 8.81. The van der Waals surface area contributed by atoms with Crippen LogP contribution < -0.4 is 10.8 Å². The van der Waals surface area contributed by atoms with Gasteiger partial charge in [0.25, 0.3) is 5.91 Å². The molecule has 3 aliphatic rings. The predicted molar refractivity (Wildman–Crippen MR) is 119 cm³/mol. The van der Waals surface area contributed by atoms with Crippen molar-refractivity contribution < 1.29 is 19.2 Å². The highest BCUT2D eigenvalue weighted by molar-refractivity contribution is 5.90. The summed E-state index contributed by atoms with van der Waals surface area (Å²) in [5, 5.41) is 3.20. The number of amides is 2. The van der Waals surface area contributed by atoms with Crippen LogP contribution in [-0.2, 0) is 19.2 Å². The molecule has 1 aliphatic carbocycles. The lowest BCUT2D eigenvalue weighted by Gasteiger charge is -2.27. The van der Waals surface area contributed by atoms with E-state index in [2.05, 4.69) is 20.8 Å². The first-order valence-electron chi connectivity index (χ1n) is 11.8. The molecular formula is C23H33N5O4. The van der Waals surface area contributed by atoms with Crippen LogP contribution in [0.15, 0.2) is 18.5 Å². The number of carbonyl (C=O) groups is 2. The smallest absolute Gasteiger partial charge is 0.267 e. The average molecular weight is 444 g/mol. The van der Waals surface area contributed by atoms with Crippen molar-refractivity contribution in [2.45, 2.75) is 70.1 Å². The van der Waals surface area contributed by atoms with Gasteiger partial charge in [-0.3, -0.25) is 14.6 Å². The maximum atomic E-state index is 12.7. The number of aromatic nitrogens is 2. The van der Waals surface area contributed by atoms with Gasteiger partial charge < -0.3 is 15.0 Å². The Kier molecular flexibility index (Phi) is 8.06. The number of rotatable bonds is 8. The minimum atomic E-state index is -0.391. The van der Waals surface area contributed by atoms with Gasteiger partial charge >= 0.3 is 0 Å². The average Bonchev–Trinajstić information content (AvgIpc) is 3.17. The number of nitrogens with one attached hydrogen (secondary N) is 2. The van der Waals surface area contributed by atoms with Crippen LogP contribution in [0.4, 0.5) is 5.82 Å². The van der Waals surface area contributed by atoms with Gasteiger partial charge in [-0.2, -0.15) is 0 Å². The molecule has 2 atom stereocenters. The zero-order valence-electron chi connectivity index (χ0n) is 18.5. The summed E-state index contributed by atoms with van der Waals surface area (Å²) in [6.07, 6.45) is 15.6. The zero-order chi connectivity index (χ0) is 22.2. The molecule has 1 aromatic heterocycles. The monoisotopic (exact) mass is 443 g/mol. The van der Waals surface area contributed by atoms with E-state index in [-0.39, 0.29) is 18.2 Å². The third-order valence-electron chi connectivity index (χ3n) is 6.33. The molecule has 4 rings (SSSR count). The molecule has 9 nitrogen and oxygen atoms in total. The molecule has 1 aromatic rings. The summed E-state index contributed by atoms with van der Waals surface area (Å²) in [6.45, 7) is 2.33. The van der Waals surface area contributed by atoms with Gasteiger partial charge in [0.1, 0.15) is 11.9 Å². The van der Waals surface area contributed by atoms with E-state index in [1.165, 1.54) is 38.2 Å². The highest BCUT2D eigenvalue weighted by Gasteiger charge is 2.33. The Balaban J connectivity index is 1.20. The van der Waals surface area contributed by atoms with Crippen molar-refractivity contribution in [3.05, 3.63) is 24.2 Å². The highest BCUT2D eigenvalue weighted by Crippen LogP contribution is 2.26. The Morgan fingerprint density at radius 1 is 1.12 bits per heavy atom. The number of hydrogen-bond acceptors (Lipinski definition) is 7. The van der Waals surface area contributed by atoms with Crippen LogP contribution in [0.2, 0.25) is 0 Å². The summed E-state index contributed by atoms with van der Waals surface area (Å²) in [5.74, 6) is 0.968. The van der Waals surface area contributed by atoms with Crippen molar-refractivity contribution in [2.24, 2.45) is 5.92 Å². The topological polar surface area (TPSA) is 106 Å². The number of carbonyl (C=O) groups excluding carboxylic acids is 2. The molecule has 9 heteroatoms. The van der Waals surface area contributed by atoms with Crippen molar-refractivity contribution >= 4 is 23.7 Å². The third-order valence-corrected chi connectivity index (χ3v) is 6.33. The van der Waals surface area contributed by atoms with Gasteiger partial charge in [-0.05, 0) is 44.1 Å². The first-order chi connectivity index (χ1) is 15.7. The number of likely N-dealkylation sites (tertiary alicyclic amines) is 1. The van der Waals surface area contributed by atoms with Crippen LogP contribution >= 0.6 is 0 Å². The Morgan fingerprint density at radius 3 is 2.72 bits per heavy atom. The van der Waals surface area contributed by atoms with E-state index in [1.807, 2.05) is 4.90 Å². The number of hydroxylamine groups is 1. The van der Waals surface area contributed by atoms with E-state index in [0.29, 0.717) is 24.0 Å². The molecule has 3 fully saturated rings. The van der Waals surface area contributed by atoms with Gasteiger partial charge in [0, 0.05) is 32.2 Å². The first kappa shape index (κ1) is 22.7. The van der Waals surface area contributed by atoms with Crippen molar-refractivity contribution in [2.75, 3.05) is 25.0 Å². The molecule has 2 saturated heterocycles. The summed E-state index contributed by atoms with van der Waals surface area (Å²) in [5.41, 5.74) is 2.91.